The molecule has 0 aromatic carbocycles. The van der Waals surface area contributed by atoms with Gasteiger partial charge >= 0.3 is 0 Å². The number of aromatic nitrogens is 1. The third kappa shape index (κ3) is 1.99. The van der Waals surface area contributed by atoms with E-state index in [1.54, 1.807) is 6.26 Å². The molecule has 70 valence electrons. The van der Waals surface area contributed by atoms with Gasteiger partial charge in [0.15, 0.2) is 5.96 Å². The molecule has 1 aromatic rings. The maximum absolute atomic E-state index is 4.70. The number of nitrogens with one attached hydrogen (secondary N) is 2. The third-order valence-electron chi connectivity index (χ3n) is 1.83. The lowest BCUT2D eigenvalue weighted by Crippen LogP contribution is -2.37. The molecule has 2 heterocycles. The van der Waals surface area contributed by atoms with Crippen LogP contribution in [0.15, 0.2) is 21.8 Å². The first-order valence-electron chi connectivity index (χ1n) is 4.29. The van der Waals surface area contributed by atoms with Gasteiger partial charge in [0.25, 0.3) is 0 Å². The van der Waals surface area contributed by atoms with Crippen LogP contribution in [0.2, 0.25) is 0 Å². The second-order valence-electron chi connectivity index (χ2n) is 3.08. The molecule has 5 heteroatoms. The maximum atomic E-state index is 4.70. The van der Waals surface area contributed by atoms with Gasteiger partial charge in [-0.25, -0.2) is 0 Å². The Hall–Kier alpha value is -1.52. The molecule has 0 fully saturated rings. The smallest absolute Gasteiger partial charge is 0.191 e. The van der Waals surface area contributed by atoms with Crippen LogP contribution in [0.3, 0.4) is 0 Å². The first-order valence-corrected chi connectivity index (χ1v) is 4.29. The highest BCUT2D eigenvalue weighted by atomic mass is 16.5. The first kappa shape index (κ1) is 8.10. The van der Waals surface area contributed by atoms with Gasteiger partial charge in [0, 0.05) is 12.1 Å². The van der Waals surface area contributed by atoms with Crippen LogP contribution >= 0.6 is 0 Å². The zero-order chi connectivity index (χ0) is 9.10. The van der Waals surface area contributed by atoms with E-state index < -0.39 is 0 Å². The van der Waals surface area contributed by atoms with Gasteiger partial charge in [-0.3, -0.25) is 4.99 Å². The molecule has 1 aromatic heterocycles. The summed E-state index contributed by atoms with van der Waals surface area (Å²) in [5, 5.41) is 10.1. The Kier molecular flexibility index (Phi) is 2.16. The molecule has 1 aliphatic rings. The monoisotopic (exact) mass is 180 g/mol. The van der Waals surface area contributed by atoms with E-state index in [0.29, 0.717) is 12.6 Å². The van der Waals surface area contributed by atoms with Crippen molar-refractivity contribution < 1.29 is 4.52 Å². The summed E-state index contributed by atoms with van der Waals surface area (Å²) in [4.78, 5) is 4.25. The van der Waals surface area contributed by atoms with Gasteiger partial charge in [-0.1, -0.05) is 5.16 Å². The average molecular weight is 180 g/mol. The van der Waals surface area contributed by atoms with Crippen molar-refractivity contribution in [3.05, 3.63) is 18.0 Å². The average Bonchev–Trinajstić information content (AvgIpc) is 2.71. The lowest BCUT2D eigenvalue weighted by Gasteiger charge is -2.06. The molecule has 0 amide bonds. The summed E-state index contributed by atoms with van der Waals surface area (Å²) in [7, 11) is 0. The lowest BCUT2D eigenvalue weighted by molar-refractivity contribution is 0.410. The minimum atomic E-state index is 0.430. The van der Waals surface area contributed by atoms with Gasteiger partial charge in [-0.15, -0.1) is 0 Å². The molecular weight excluding hydrogens is 168 g/mol. The highest BCUT2D eigenvalue weighted by molar-refractivity contribution is 5.81. The molecule has 1 atom stereocenters. The molecule has 5 nitrogen and oxygen atoms in total. The number of hydrogen-bond donors (Lipinski definition) is 2. The zero-order valence-electron chi connectivity index (χ0n) is 7.45. The van der Waals surface area contributed by atoms with Crippen molar-refractivity contribution in [2.75, 3.05) is 6.54 Å². The van der Waals surface area contributed by atoms with Crippen molar-refractivity contribution >= 4 is 5.96 Å². The number of guanidine groups is 1. The van der Waals surface area contributed by atoms with Gasteiger partial charge in [0.2, 0.25) is 0 Å². The highest BCUT2D eigenvalue weighted by Crippen LogP contribution is 1.95. The van der Waals surface area contributed by atoms with E-state index in [-0.39, 0.29) is 0 Å². The number of nitrogens with zero attached hydrogens (tertiary/aromatic N) is 2. The molecule has 2 N–H and O–H groups in total. The van der Waals surface area contributed by atoms with Crippen LogP contribution in [0, 0.1) is 0 Å². The largest absolute Gasteiger partial charge is 0.364 e. The summed E-state index contributed by atoms with van der Waals surface area (Å²) in [5.41, 5.74) is 0.879. The van der Waals surface area contributed by atoms with Crippen LogP contribution in [-0.2, 0) is 6.54 Å². The maximum Gasteiger partial charge on any atom is 0.191 e. The van der Waals surface area contributed by atoms with Gasteiger partial charge in [0.1, 0.15) is 12.0 Å². The number of rotatable bonds is 2. The summed E-state index contributed by atoms with van der Waals surface area (Å²) in [5.74, 6) is 0.843. The summed E-state index contributed by atoms with van der Waals surface area (Å²) >= 11 is 0. The summed E-state index contributed by atoms with van der Waals surface area (Å²) < 4.78 is 4.70. The van der Waals surface area contributed by atoms with Gasteiger partial charge in [-0.2, -0.15) is 0 Å². The molecule has 13 heavy (non-hydrogen) atoms. The van der Waals surface area contributed by atoms with Crippen molar-refractivity contribution in [3.8, 4) is 0 Å². The molecule has 1 unspecified atom stereocenters. The molecule has 0 spiro atoms. The molecular formula is C8H12N4O. The minimum absolute atomic E-state index is 0.430. The predicted octanol–water partition coefficient (Wildman–Crippen LogP) is 0.112. The fourth-order valence-electron chi connectivity index (χ4n) is 1.16. The molecule has 0 aliphatic carbocycles. The summed E-state index contributed by atoms with van der Waals surface area (Å²) in [6, 6.07) is 2.26. The Morgan fingerprint density at radius 1 is 1.77 bits per heavy atom. The summed E-state index contributed by atoms with van der Waals surface area (Å²) in [6.07, 6.45) is 1.56. The minimum Gasteiger partial charge on any atom is -0.364 e. The Labute approximate surface area is 76.2 Å². The van der Waals surface area contributed by atoms with E-state index in [1.807, 2.05) is 6.07 Å². The standard InChI is InChI=1S/C8H12N4O/c1-6-4-9-8(11-6)10-5-7-2-3-13-12-7/h2-3,6H,4-5H2,1H3,(H2,9,10,11). The Morgan fingerprint density at radius 2 is 2.69 bits per heavy atom. The van der Waals surface area contributed by atoms with Crippen molar-refractivity contribution in [3.63, 3.8) is 0 Å². The highest BCUT2D eigenvalue weighted by Gasteiger charge is 2.11. The van der Waals surface area contributed by atoms with E-state index in [2.05, 4.69) is 27.7 Å². The van der Waals surface area contributed by atoms with Crippen molar-refractivity contribution in [2.45, 2.75) is 19.5 Å². The lowest BCUT2D eigenvalue weighted by atomic mass is 10.4. The Morgan fingerprint density at radius 3 is 3.31 bits per heavy atom. The summed E-state index contributed by atoms with van der Waals surface area (Å²) in [6.45, 7) is 3.57. The topological polar surface area (TPSA) is 62.5 Å². The van der Waals surface area contributed by atoms with E-state index in [1.165, 1.54) is 0 Å². The fourth-order valence-corrected chi connectivity index (χ4v) is 1.16. The normalized spacial score (nSPS) is 21.0. The van der Waals surface area contributed by atoms with E-state index in [4.69, 9.17) is 4.52 Å². The van der Waals surface area contributed by atoms with Crippen LogP contribution < -0.4 is 10.6 Å². The SMILES string of the molecule is CC1CN=C(NCc2ccon2)N1. The molecule has 0 saturated heterocycles. The predicted molar refractivity (Wildman–Crippen MR) is 48.2 cm³/mol. The van der Waals surface area contributed by atoms with Crippen molar-refractivity contribution in [2.24, 2.45) is 4.99 Å². The molecule has 1 aliphatic heterocycles. The molecule has 2 rings (SSSR count). The molecule has 0 radical (unpaired) electrons. The van der Waals surface area contributed by atoms with Gasteiger partial charge in [-0.05, 0) is 6.92 Å². The van der Waals surface area contributed by atoms with Crippen LogP contribution in [0.5, 0.6) is 0 Å². The first-order chi connectivity index (χ1) is 6.34. The van der Waals surface area contributed by atoms with E-state index in [9.17, 15) is 0 Å². The van der Waals surface area contributed by atoms with Gasteiger partial charge in [0.05, 0.1) is 13.1 Å². The van der Waals surface area contributed by atoms with Crippen LogP contribution in [0.4, 0.5) is 0 Å². The van der Waals surface area contributed by atoms with Crippen molar-refractivity contribution in [1.82, 2.24) is 15.8 Å². The molecule has 0 saturated carbocycles. The van der Waals surface area contributed by atoms with Crippen LogP contribution in [0.1, 0.15) is 12.6 Å². The van der Waals surface area contributed by atoms with Crippen LogP contribution in [-0.4, -0.2) is 23.7 Å². The fraction of sp³-hybridized carbons (Fsp3) is 0.500. The van der Waals surface area contributed by atoms with E-state index >= 15 is 0 Å². The third-order valence-corrected chi connectivity index (χ3v) is 1.83. The molecule has 0 bridgehead atoms. The van der Waals surface area contributed by atoms with Gasteiger partial charge < -0.3 is 15.2 Å². The second-order valence-corrected chi connectivity index (χ2v) is 3.08. The Balaban J connectivity index is 1.81. The Bertz CT molecular complexity index is 293. The zero-order valence-corrected chi connectivity index (χ0v) is 7.45. The number of hydrogen-bond acceptors (Lipinski definition) is 5. The number of aliphatic imine (C=N–C) groups is 1. The second kappa shape index (κ2) is 3.47. The quantitative estimate of drug-likeness (QED) is 0.678. The van der Waals surface area contributed by atoms with Crippen LogP contribution in [0.25, 0.3) is 0 Å². The van der Waals surface area contributed by atoms with E-state index in [0.717, 1.165) is 18.2 Å². The van der Waals surface area contributed by atoms with Crippen molar-refractivity contribution in [1.29, 1.82) is 0 Å².